The number of hydrogen-bond acceptors (Lipinski definition) is 3. The van der Waals surface area contributed by atoms with Crippen molar-refractivity contribution in [3.05, 3.63) is 12.4 Å². The molecule has 2 rings (SSSR count). The van der Waals surface area contributed by atoms with Crippen molar-refractivity contribution < 1.29 is 4.74 Å². The monoisotopic (exact) mass is 293 g/mol. The zero-order valence-corrected chi connectivity index (χ0v) is 14.1. The zero-order valence-electron chi connectivity index (χ0n) is 14.1. The average molecular weight is 293 g/mol. The first kappa shape index (κ1) is 16.3. The first-order valence-corrected chi connectivity index (χ1v) is 8.33. The Hall–Kier alpha value is -1.03. The molecule has 120 valence electrons. The fourth-order valence-corrected chi connectivity index (χ4v) is 3.29. The summed E-state index contributed by atoms with van der Waals surface area (Å²) in [6, 6.07) is 0.606. The van der Waals surface area contributed by atoms with Crippen LogP contribution >= 0.6 is 0 Å². The van der Waals surface area contributed by atoms with Crippen molar-refractivity contribution in [1.82, 2.24) is 9.78 Å². The summed E-state index contributed by atoms with van der Waals surface area (Å²) >= 11 is 0. The second kappa shape index (κ2) is 7.30. The van der Waals surface area contributed by atoms with E-state index in [2.05, 4.69) is 37.4 Å². The van der Waals surface area contributed by atoms with Gasteiger partial charge in [-0.15, -0.1) is 0 Å². The van der Waals surface area contributed by atoms with E-state index in [9.17, 15) is 0 Å². The normalized spacial score (nSPS) is 23.2. The molecule has 1 aliphatic rings. The summed E-state index contributed by atoms with van der Waals surface area (Å²) in [4.78, 5) is 0. The number of anilines is 1. The van der Waals surface area contributed by atoms with Crippen LogP contribution < -0.4 is 5.32 Å². The second-order valence-electron chi connectivity index (χ2n) is 7.02. The summed E-state index contributed by atoms with van der Waals surface area (Å²) in [6.45, 7) is 8.68. The summed E-state index contributed by atoms with van der Waals surface area (Å²) in [7, 11) is 1.72. The molecule has 1 fully saturated rings. The number of methoxy groups -OCH3 is 1. The van der Waals surface area contributed by atoms with Gasteiger partial charge >= 0.3 is 0 Å². The highest BCUT2D eigenvalue weighted by Crippen LogP contribution is 2.40. The van der Waals surface area contributed by atoms with Crippen LogP contribution in [-0.2, 0) is 11.3 Å². The van der Waals surface area contributed by atoms with Crippen molar-refractivity contribution in [3.63, 3.8) is 0 Å². The molecule has 1 heterocycles. The van der Waals surface area contributed by atoms with Gasteiger partial charge in [-0.25, -0.2) is 0 Å². The smallest absolute Gasteiger partial charge is 0.0728 e. The highest BCUT2D eigenvalue weighted by Gasteiger charge is 2.31. The minimum absolute atomic E-state index is 0.496. The Bertz CT molecular complexity index is 419. The van der Waals surface area contributed by atoms with Crippen LogP contribution in [0.5, 0.6) is 0 Å². The number of ether oxygens (including phenoxy) is 1. The largest absolute Gasteiger partial charge is 0.383 e. The van der Waals surface area contributed by atoms with Crippen LogP contribution in [0.1, 0.15) is 52.9 Å². The van der Waals surface area contributed by atoms with Gasteiger partial charge in [-0.1, -0.05) is 27.2 Å². The van der Waals surface area contributed by atoms with Gasteiger partial charge < -0.3 is 10.1 Å². The molecule has 1 N–H and O–H groups in total. The molecule has 1 aliphatic carbocycles. The van der Waals surface area contributed by atoms with E-state index in [0.717, 1.165) is 18.2 Å². The highest BCUT2D eigenvalue weighted by atomic mass is 16.5. The summed E-state index contributed by atoms with van der Waals surface area (Å²) in [5.74, 6) is 0.880. The van der Waals surface area contributed by atoms with Crippen molar-refractivity contribution >= 4 is 5.69 Å². The molecule has 0 atom stereocenters. The van der Waals surface area contributed by atoms with E-state index in [1.54, 1.807) is 7.11 Å². The Morgan fingerprint density at radius 1 is 1.33 bits per heavy atom. The molecular formula is C17H31N3O. The average Bonchev–Trinajstić information content (AvgIpc) is 2.93. The number of aromatic nitrogens is 2. The molecule has 0 amide bonds. The van der Waals surface area contributed by atoms with Crippen molar-refractivity contribution in [2.45, 2.75) is 65.5 Å². The number of nitrogens with one attached hydrogen (secondary N) is 1. The van der Waals surface area contributed by atoms with Gasteiger partial charge in [0.1, 0.15) is 0 Å². The molecule has 0 bridgehead atoms. The van der Waals surface area contributed by atoms with Gasteiger partial charge in [-0.3, -0.25) is 4.68 Å². The van der Waals surface area contributed by atoms with Crippen LogP contribution in [0.25, 0.3) is 0 Å². The third-order valence-electron chi connectivity index (χ3n) is 5.27. The molecule has 0 saturated heterocycles. The SMILES string of the molecule is CCC(C)(C)C1CCC(Nc2cnn(CCOC)c2)CC1. The topological polar surface area (TPSA) is 39.1 Å². The summed E-state index contributed by atoms with van der Waals surface area (Å²) in [5, 5.41) is 8.00. The Balaban J connectivity index is 1.79. The third kappa shape index (κ3) is 4.47. The molecule has 0 aliphatic heterocycles. The molecule has 1 aromatic heterocycles. The van der Waals surface area contributed by atoms with Crippen LogP contribution in [0.4, 0.5) is 5.69 Å². The summed E-state index contributed by atoms with van der Waals surface area (Å²) < 4.78 is 7.02. The molecule has 1 aromatic rings. The maximum Gasteiger partial charge on any atom is 0.0728 e. The Morgan fingerprint density at radius 2 is 2.05 bits per heavy atom. The maximum absolute atomic E-state index is 5.08. The fourth-order valence-electron chi connectivity index (χ4n) is 3.29. The quantitative estimate of drug-likeness (QED) is 0.827. The molecular weight excluding hydrogens is 262 g/mol. The number of rotatable bonds is 7. The van der Waals surface area contributed by atoms with Gasteiger partial charge in [0.2, 0.25) is 0 Å². The lowest BCUT2D eigenvalue weighted by Gasteiger charge is -2.39. The molecule has 21 heavy (non-hydrogen) atoms. The van der Waals surface area contributed by atoms with Gasteiger partial charge in [0, 0.05) is 19.3 Å². The molecule has 4 nitrogen and oxygen atoms in total. The predicted molar refractivity (Wildman–Crippen MR) is 87.5 cm³/mol. The Labute approximate surface area is 129 Å². The van der Waals surface area contributed by atoms with Gasteiger partial charge in [0.25, 0.3) is 0 Å². The van der Waals surface area contributed by atoms with E-state index < -0.39 is 0 Å². The van der Waals surface area contributed by atoms with Crippen LogP contribution in [0.15, 0.2) is 12.4 Å². The molecule has 4 heteroatoms. The lowest BCUT2D eigenvalue weighted by molar-refractivity contribution is 0.147. The minimum atomic E-state index is 0.496. The van der Waals surface area contributed by atoms with Gasteiger partial charge in [-0.05, 0) is 37.0 Å². The van der Waals surface area contributed by atoms with Gasteiger partial charge in [0.15, 0.2) is 0 Å². The van der Waals surface area contributed by atoms with Crippen molar-refractivity contribution in [1.29, 1.82) is 0 Å². The van der Waals surface area contributed by atoms with E-state index in [1.165, 1.54) is 32.1 Å². The molecule has 0 unspecified atom stereocenters. The van der Waals surface area contributed by atoms with E-state index in [1.807, 2.05) is 10.9 Å². The summed E-state index contributed by atoms with van der Waals surface area (Å²) in [5.41, 5.74) is 1.64. The lowest BCUT2D eigenvalue weighted by Crippen LogP contribution is -2.32. The fraction of sp³-hybridized carbons (Fsp3) is 0.824. The Morgan fingerprint density at radius 3 is 2.67 bits per heavy atom. The molecule has 1 saturated carbocycles. The van der Waals surface area contributed by atoms with Crippen LogP contribution in [0, 0.1) is 11.3 Å². The maximum atomic E-state index is 5.08. The lowest BCUT2D eigenvalue weighted by atomic mass is 9.69. The Kier molecular flexibility index (Phi) is 5.68. The standard InChI is InChI=1S/C17H31N3O/c1-5-17(2,3)14-6-8-15(9-7-14)19-16-12-18-20(13-16)10-11-21-4/h12-15,19H,5-11H2,1-4H3. The number of hydrogen-bond donors (Lipinski definition) is 1. The van der Waals surface area contributed by atoms with Crippen molar-refractivity contribution in [2.24, 2.45) is 11.3 Å². The van der Waals surface area contributed by atoms with Gasteiger partial charge in [0.05, 0.1) is 25.0 Å². The van der Waals surface area contributed by atoms with E-state index >= 15 is 0 Å². The predicted octanol–water partition coefficient (Wildman–Crippen LogP) is 3.94. The second-order valence-corrected chi connectivity index (χ2v) is 7.02. The molecule has 0 aromatic carbocycles. The summed E-state index contributed by atoms with van der Waals surface area (Å²) in [6.07, 6.45) is 10.5. The zero-order chi connectivity index (χ0) is 15.3. The first-order valence-electron chi connectivity index (χ1n) is 8.33. The van der Waals surface area contributed by atoms with Crippen molar-refractivity contribution in [2.75, 3.05) is 19.0 Å². The van der Waals surface area contributed by atoms with E-state index in [4.69, 9.17) is 4.74 Å². The molecule has 0 radical (unpaired) electrons. The van der Waals surface area contributed by atoms with Crippen molar-refractivity contribution in [3.8, 4) is 0 Å². The highest BCUT2D eigenvalue weighted by molar-refractivity contribution is 5.39. The first-order chi connectivity index (χ1) is 10.0. The van der Waals surface area contributed by atoms with Crippen LogP contribution in [0.3, 0.4) is 0 Å². The third-order valence-corrected chi connectivity index (χ3v) is 5.27. The van der Waals surface area contributed by atoms with E-state index in [0.29, 0.717) is 18.1 Å². The molecule has 0 spiro atoms. The van der Waals surface area contributed by atoms with Gasteiger partial charge in [-0.2, -0.15) is 5.10 Å². The van der Waals surface area contributed by atoms with Crippen LogP contribution in [-0.4, -0.2) is 29.5 Å². The van der Waals surface area contributed by atoms with E-state index in [-0.39, 0.29) is 0 Å². The number of nitrogens with zero attached hydrogens (tertiary/aromatic N) is 2. The van der Waals surface area contributed by atoms with Crippen LogP contribution in [0.2, 0.25) is 0 Å². The minimum Gasteiger partial charge on any atom is -0.383 e.